The zero-order valence-corrected chi connectivity index (χ0v) is 9.49. The Morgan fingerprint density at radius 1 is 1.60 bits per heavy atom. The first kappa shape index (κ1) is 11.5. The maximum absolute atomic E-state index is 7.25. The molecule has 1 aromatic heterocycles. The molecule has 1 rings (SSSR count). The van der Waals surface area contributed by atoms with Crippen LogP contribution in [-0.4, -0.2) is 23.9 Å². The first-order valence-corrected chi connectivity index (χ1v) is 5.00. The van der Waals surface area contributed by atoms with Crippen LogP contribution in [0.5, 0.6) is 0 Å². The molecular weight excluding hydrogens is 188 g/mol. The van der Waals surface area contributed by atoms with Crippen LogP contribution in [0.3, 0.4) is 0 Å². The van der Waals surface area contributed by atoms with Crippen LogP contribution in [0.15, 0.2) is 18.2 Å². The quantitative estimate of drug-likeness (QED) is 0.580. The van der Waals surface area contributed by atoms with Crippen LogP contribution in [0.1, 0.15) is 19.0 Å². The average molecular weight is 206 g/mol. The van der Waals surface area contributed by atoms with Crippen LogP contribution in [0.2, 0.25) is 0 Å². The van der Waals surface area contributed by atoms with E-state index in [1.165, 1.54) is 0 Å². The highest BCUT2D eigenvalue weighted by atomic mass is 15.2. The summed E-state index contributed by atoms with van der Waals surface area (Å²) in [5.74, 6) is 1.13. The number of amidine groups is 1. The molecule has 1 heterocycles. The molecule has 0 aliphatic carbocycles. The fraction of sp³-hybridized carbons (Fsp3) is 0.455. The Hall–Kier alpha value is -1.58. The topological polar surface area (TPSA) is 66.0 Å². The number of nitrogens with one attached hydrogen (secondary N) is 1. The molecule has 82 valence electrons. The maximum atomic E-state index is 7.25. The van der Waals surface area contributed by atoms with E-state index in [4.69, 9.17) is 11.1 Å². The van der Waals surface area contributed by atoms with Crippen LogP contribution in [0.25, 0.3) is 0 Å². The fourth-order valence-electron chi connectivity index (χ4n) is 1.41. The second kappa shape index (κ2) is 4.77. The van der Waals surface area contributed by atoms with Gasteiger partial charge in [-0.05, 0) is 26.0 Å². The third-order valence-electron chi connectivity index (χ3n) is 2.41. The smallest absolute Gasteiger partial charge is 0.128 e. The Morgan fingerprint density at radius 2 is 2.27 bits per heavy atom. The number of nitrogens with two attached hydrogens (primary N) is 1. The highest BCUT2D eigenvalue weighted by molar-refractivity contribution is 5.77. The number of pyridine rings is 1. The highest BCUT2D eigenvalue weighted by Crippen LogP contribution is 2.13. The number of anilines is 1. The molecule has 0 saturated carbocycles. The van der Waals surface area contributed by atoms with Crippen LogP contribution in [0.4, 0.5) is 5.82 Å². The molecule has 0 amide bonds. The lowest BCUT2D eigenvalue weighted by Gasteiger charge is -2.25. The van der Waals surface area contributed by atoms with Gasteiger partial charge in [-0.1, -0.05) is 6.07 Å². The van der Waals surface area contributed by atoms with Crippen molar-refractivity contribution in [3.05, 3.63) is 23.9 Å². The van der Waals surface area contributed by atoms with E-state index in [1.54, 1.807) is 0 Å². The minimum Gasteiger partial charge on any atom is -0.388 e. The minimum absolute atomic E-state index is 0.191. The molecule has 0 aliphatic rings. The average Bonchev–Trinajstić information content (AvgIpc) is 2.15. The molecule has 0 bridgehead atoms. The van der Waals surface area contributed by atoms with Gasteiger partial charge in [0.25, 0.3) is 0 Å². The van der Waals surface area contributed by atoms with Crippen LogP contribution >= 0.6 is 0 Å². The van der Waals surface area contributed by atoms with E-state index in [0.717, 1.165) is 11.5 Å². The van der Waals surface area contributed by atoms with Crippen molar-refractivity contribution in [3.63, 3.8) is 0 Å². The van der Waals surface area contributed by atoms with Gasteiger partial charge in [-0.15, -0.1) is 0 Å². The van der Waals surface area contributed by atoms with E-state index in [2.05, 4.69) is 4.98 Å². The van der Waals surface area contributed by atoms with E-state index in [0.29, 0.717) is 6.42 Å². The molecule has 0 saturated heterocycles. The maximum Gasteiger partial charge on any atom is 0.128 e. The molecule has 0 aromatic carbocycles. The second-order valence-corrected chi connectivity index (χ2v) is 3.83. The molecule has 3 N–H and O–H groups in total. The van der Waals surface area contributed by atoms with Gasteiger partial charge in [0, 0.05) is 25.2 Å². The standard InChI is InChI=1S/C11H18N4/c1-8-5-4-6-11(14-8)15(3)9(2)7-10(12)13/h4-6,9H,7H2,1-3H3,(H3,12,13). The third kappa shape index (κ3) is 3.23. The van der Waals surface area contributed by atoms with Gasteiger partial charge in [0.1, 0.15) is 5.82 Å². The van der Waals surface area contributed by atoms with E-state index >= 15 is 0 Å². The summed E-state index contributed by atoms with van der Waals surface area (Å²) in [6.45, 7) is 4.00. The predicted molar refractivity (Wildman–Crippen MR) is 63.4 cm³/mol. The van der Waals surface area contributed by atoms with Crippen molar-refractivity contribution in [2.75, 3.05) is 11.9 Å². The molecule has 0 fully saturated rings. The van der Waals surface area contributed by atoms with Crippen LogP contribution < -0.4 is 10.6 Å². The van der Waals surface area contributed by atoms with E-state index in [-0.39, 0.29) is 11.9 Å². The van der Waals surface area contributed by atoms with Gasteiger partial charge in [-0.2, -0.15) is 0 Å². The molecule has 0 aliphatic heterocycles. The number of aromatic nitrogens is 1. The van der Waals surface area contributed by atoms with Gasteiger partial charge in [-0.25, -0.2) is 4.98 Å². The summed E-state index contributed by atoms with van der Waals surface area (Å²) >= 11 is 0. The van der Waals surface area contributed by atoms with Gasteiger partial charge in [-0.3, -0.25) is 5.41 Å². The SMILES string of the molecule is Cc1cccc(N(C)C(C)CC(=N)N)n1. The Balaban J connectivity index is 2.75. The Kier molecular flexibility index (Phi) is 3.66. The summed E-state index contributed by atoms with van der Waals surface area (Å²) in [7, 11) is 1.97. The molecule has 4 nitrogen and oxygen atoms in total. The Bertz CT molecular complexity index is 348. The number of hydrogen-bond donors (Lipinski definition) is 2. The van der Waals surface area contributed by atoms with Crippen molar-refractivity contribution in [1.29, 1.82) is 5.41 Å². The lowest BCUT2D eigenvalue weighted by Crippen LogP contribution is -2.33. The van der Waals surface area contributed by atoms with Crippen molar-refractivity contribution in [2.24, 2.45) is 5.73 Å². The van der Waals surface area contributed by atoms with Crippen LogP contribution in [0, 0.1) is 12.3 Å². The van der Waals surface area contributed by atoms with E-state index < -0.39 is 0 Å². The number of aryl methyl sites for hydroxylation is 1. The minimum atomic E-state index is 0.191. The van der Waals surface area contributed by atoms with E-state index in [1.807, 2.05) is 44.0 Å². The first-order chi connectivity index (χ1) is 7.00. The summed E-state index contributed by atoms with van der Waals surface area (Å²) in [5, 5.41) is 7.25. The molecule has 1 unspecified atom stereocenters. The van der Waals surface area contributed by atoms with Crippen molar-refractivity contribution in [2.45, 2.75) is 26.3 Å². The highest BCUT2D eigenvalue weighted by Gasteiger charge is 2.11. The predicted octanol–water partition coefficient (Wildman–Crippen LogP) is 1.54. The molecule has 1 aromatic rings. The van der Waals surface area contributed by atoms with Gasteiger partial charge in [0.2, 0.25) is 0 Å². The number of nitrogens with zero attached hydrogens (tertiary/aromatic N) is 2. The lowest BCUT2D eigenvalue weighted by molar-refractivity contribution is 0.699. The van der Waals surface area contributed by atoms with Gasteiger partial charge in [0.05, 0.1) is 5.84 Å². The van der Waals surface area contributed by atoms with E-state index in [9.17, 15) is 0 Å². The van der Waals surface area contributed by atoms with Crippen LogP contribution in [-0.2, 0) is 0 Å². The van der Waals surface area contributed by atoms with Gasteiger partial charge in [0.15, 0.2) is 0 Å². The summed E-state index contributed by atoms with van der Waals surface area (Å²) in [4.78, 5) is 6.45. The summed E-state index contributed by atoms with van der Waals surface area (Å²) in [6, 6.07) is 6.10. The largest absolute Gasteiger partial charge is 0.388 e. The van der Waals surface area contributed by atoms with Crippen molar-refractivity contribution in [1.82, 2.24) is 4.98 Å². The van der Waals surface area contributed by atoms with Gasteiger partial charge >= 0.3 is 0 Å². The molecule has 0 spiro atoms. The summed E-state index contributed by atoms with van der Waals surface area (Å²) < 4.78 is 0. The second-order valence-electron chi connectivity index (χ2n) is 3.83. The monoisotopic (exact) mass is 206 g/mol. The first-order valence-electron chi connectivity index (χ1n) is 5.00. The molecule has 1 atom stereocenters. The third-order valence-corrected chi connectivity index (χ3v) is 2.41. The molecule has 4 heteroatoms. The Labute approximate surface area is 90.6 Å². The fourth-order valence-corrected chi connectivity index (χ4v) is 1.41. The van der Waals surface area contributed by atoms with Crippen molar-refractivity contribution in [3.8, 4) is 0 Å². The zero-order valence-electron chi connectivity index (χ0n) is 9.49. The van der Waals surface area contributed by atoms with Crippen molar-refractivity contribution >= 4 is 11.7 Å². The molecule has 15 heavy (non-hydrogen) atoms. The zero-order chi connectivity index (χ0) is 11.4. The summed E-state index contributed by atoms with van der Waals surface area (Å²) in [6.07, 6.45) is 0.562. The lowest BCUT2D eigenvalue weighted by atomic mass is 10.2. The normalized spacial score (nSPS) is 12.2. The van der Waals surface area contributed by atoms with Crippen molar-refractivity contribution < 1.29 is 0 Å². The molecular formula is C11H18N4. The summed E-state index contributed by atoms with van der Waals surface area (Å²) in [5.41, 5.74) is 6.37. The Morgan fingerprint density at radius 3 is 2.80 bits per heavy atom. The number of rotatable bonds is 4. The number of hydrogen-bond acceptors (Lipinski definition) is 3. The van der Waals surface area contributed by atoms with Gasteiger partial charge < -0.3 is 10.6 Å². The molecule has 0 radical (unpaired) electrons.